The molecule has 2 atom stereocenters. The maximum absolute atomic E-state index is 9.82. The average Bonchev–Trinajstić information content (AvgIpc) is 2.47. The summed E-state index contributed by atoms with van der Waals surface area (Å²) in [6.45, 7) is 4.38. The molecule has 0 rings (SSSR count). The van der Waals surface area contributed by atoms with Gasteiger partial charge in [-0.05, 0) is 12.8 Å². The van der Waals surface area contributed by atoms with Crippen molar-refractivity contribution in [2.75, 3.05) is 0 Å². The molecule has 0 heterocycles. The highest BCUT2D eigenvalue weighted by Gasteiger charge is 2.14. The molecule has 0 saturated carbocycles. The molecule has 0 spiro atoms. The van der Waals surface area contributed by atoms with Gasteiger partial charge in [-0.1, -0.05) is 90.9 Å². The van der Waals surface area contributed by atoms with E-state index in [2.05, 4.69) is 19.6 Å². The van der Waals surface area contributed by atoms with Crippen LogP contribution >= 0.6 is 0 Å². The first kappa shape index (κ1) is 19.9. The van der Waals surface area contributed by atoms with Gasteiger partial charge in [-0.3, -0.25) is 0 Å². The lowest BCUT2D eigenvalue weighted by atomic mass is 10.0. The quantitative estimate of drug-likeness (QED) is 0.429. The van der Waals surface area contributed by atoms with Crippen molar-refractivity contribution in [2.45, 2.75) is 116 Å². The molecule has 0 fully saturated rings. The third kappa shape index (κ3) is 12.9. The van der Waals surface area contributed by atoms with Crippen LogP contribution in [0.4, 0.5) is 0 Å². The SMILES string of the molecule is CCCCCCCCCCCCCC[C@@H](O)[C@@H]([NH3+])CC. The Labute approximate surface area is 127 Å². The molecule has 4 N–H and O–H groups in total. The van der Waals surface area contributed by atoms with Crippen LogP contribution < -0.4 is 5.73 Å². The van der Waals surface area contributed by atoms with Crippen molar-refractivity contribution in [3.8, 4) is 0 Å². The van der Waals surface area contributed by atoms with Crippen LogP contribution in [-0.2, 0) is 0 Å². The Hall–Kier alpha value is -0.0800. The molecule has 0 bridgehead atoms. The first-order valence-electron chi connectivity index (χ1n) is 9.23. The topological polar surface area (TPSA) is 47.9 Å². The van der Waals surface area contributed by atoms with Gasteiger partial charge in [-0.2, -0.15) is 0 Å². The second kappa shape index (κ2) is 15.3. The van der Waals surface area contributed by atoms with Gasteiger partial charge in [-0.15, -0.1) is 0 Å². The van der Waals surface area contributed by atoms with Crippen LogP contribution in [0.1, 0.15) is 104 Å². The summed E-state index contributed by atoms with van der Waals surface area (Å²) in [7, 11) is 0. The smallest absolute Gasteiger partial charge is 0.110 e. The summed E-state index contributed by atoms with van der Waals surface area (Å²) in [6.07, 6.45) is 18.3. The summed E-state index contributed by atoms with van der Waals surface area (Å²) in [5.74, 6) is 0. The first-order valence-corrected chi connectivity index (χ1v) is 9.23. The fourth-order valence-corrected chi connectivity index (χ4v) is 2.70. The molecule has 2 nitrogen and oxygen atoms in total. The van der Waals surface area contributed by atoms with Crippen molar-refractivity contribution in [3.05, 3.63) is 0 Å². The van der Waals surface area contributed by atoms with Crippen molar-refractivity contribution in [2.24, 2.45) is 0 Å². The van der Waals surface area contributed by atoms with Crippen LogP contribution in [0.15, 0.2) is 0 Å². The van der Waals surface area contributed by atoms with Gasteiger partial charge in [0.05, 0.1) is 0 Å². The van der Waals surface area contributed by atoms with E-state index >= 15 is 0 Å². The molecule has 2 heteroatoms. The molecular weight excluding hydrogens is 246 g/mol. The van der Waals surface area contributed by atoms with E-state index in [0.717, 1.165) is 12.8 Å². The van der Waals surface area contributed by atoms with E-state index in [1.165, 1.54) is 77.0 Å². The third-order valence-corrected chi connectivity index (χ3v) is 4.42. The van der Waals surface area contributed by atoms with Crippen LogP contribution in [0.25, 0.3) is 0 Å². The lowest BCUT2D eigenvalue weighted by molar-refractivity contribution is -0.438. The predicted octanol–water partition coefficient (Wildman–Crippen LogP) is 4.46. The van der Waals surface area contributed by atoms with Gasteiger partial charge in [-0.25, -0.2) is 0 Å². The number of unbranched alkanes of at least 4 members (excludes halogenated alkanes) is 11. The van der Waals surface area contributed by atoms with Crippen molar-refractivity contribution in [1.82, 2.24) is 0 Å². The number of aliphatic hydroxyl groups excluding tert-OH is 1. The minimum Gasteiger partial charge on any atom is -0.387 e. The summed E-state index contributed by atoms with van der Waals surface area (Å²) < 4.78 is 0. The van der Waals surface area contributed by atoms with E-state index in [4.69, 9.17) is 0 Å². The molecule has 20 heavy (non-hydrogen) atoms. The third-order valence-electron chi connectivity index (χ3n) is 4.42. The molecule has 0 aromatic carbocycles. The minimum absolute atomic E-state index is 0.178. The molecule has 0 aliphatic rings. The fourth-order valence-electron chi connectivity index (χ4n) is 2.70. The zero-order valence-corrected chi connectivity index (χ0v) is 14.2. The normalized spacial score (nSPS) is 14.4. The average molecular weight is 287 g/mol. The largest absolute Gasteiger partial charge is 0.387 e. The van der Waals surface area contributed by atoms with E-state index in [1.807, 2.05) is 0 Å². The van der Waals surface area contributed by atoms with Gasteiger partial charge in [0.15, 0.2) is 0 Å². The lowest BCUT2D eigenvalue weighted by Gasteiger charge is -2.13. The van der Waals surface area contributed by atoms with Gasteiger partial charge in [0.2, 0.25) is 0 Å². The van der Waals surface area contributed by atoms with Gasteiger partial charge in [0, 0.05) is 0 Å². The van der Waals surface area contributed by atoms with Gasteiger partial charge in [0.25, 0.3) is 0 Å². The molecule has 0 aliphatic heterocycles. The molecule has 0 aromatic rings. The van der Waals surface area contributed by atoms with E-state index in [0.29, 0.717) is 0 Å². The van der Waals surface area contributed by atoms with E-state index in [1.54, 1.807) is 0 Å². The Balaban J connectivity index is 3.10. The van der Waals surface area contributed by atoms with Crippen LogP contribution in [0.2, 0.25) is 0 Å². The predicted molar refractivity (Wildman–Crippen MR) is 88.7 cm³/mol. The van der Waals surface area contributed by atoms with Crippen LogP contribution in [0.5, 0.6) is 0 Å². The fraction of sp³-hybridized carbons (Fsp3) is 1.00. The zero-order chi connectivity index (χ0) is 15.1. The number of aliphatic hydroxyl groups is 1. The van der Waals surface area contributed by atoms with E-state index in [9.17, 15) is 5.11 Å². The van der Waals surface area contributed by atoms with Crippen LogP contribution in [-0.4, -0.2) is 17.3 Å². The van der Waals surface area contributed by atoms with Gasteiger partial charge < -0.3 is 10.8 Å². The van der Waals surface area contributed by atoms with Crippen molar-refractivity contribution in [3.63, 3.8) is 0 Å². The van der Waals surface area contributed by atoms with Gasteiger partial charge >= 0.3 is 0 Å². The minimum atomic E-state index is -0.178. The molecule has 0 radical (unpaired) electrons. The van der Waals surface area contributed by atoms with Gasteiger partial charge in [0.1, 0.15) is 12.1 Å². The number of rotatable bonds is 15. The summed E-state index contributed by atoms with van der Waals surface area (Å²) in [5, 5.41) is 9.82. The standard InChI is InChI=1S/C18H39NO/c1-3-5-6-7-8-9-10-11-12-13-14-15-16-18(20)17(19)4-2/h17-18,20H,3-16,19H2,1-2H3/p+1/t17-,18+/m0/s1. The lowest BCUT2D eigenvalue weighted by Crippen LogP contribution is -2.65. The van der Waals surface area contributed by atoms with E-state index < -0.39 is 0 Å². The molecule has 122 valence electrons. The Morgan fingerprint density at radius 2 is 1.10 bits per heavy atom. The van der Waals surface area contributed by atoms with Crippen molar-refractivity contribution < 1.29 is 10.8 Å². The molecule has 0 aromatic heterocycles. The number of hydrogen-bond donors (Lipinski definition) is 2. The summed E-state index contributed by atoms with van der Waals surface area (Å²) in [6, 6.07) is 0.225. The maximum Gasteiger partial charge on any atom is 0.110 e. The summed E-state index contributed by atoms with van der Waals surface area (Å²) in [4.78, 5) is 0. The highest BCUT2D eigenvalue weighted by molar-refractivity contribution is 4.63. The Morgan fingerprint density at radius 1 is 0.700 bits per heavy atom. The monoisotopic (exact) mass is 286 g/mol. The van der Waals surface area contributed by atoms with Crippen LogP contribution in [0.3, 0.4) is 0 Å². The zero-order valence-electron chi connectivity index (χ0n) is 14.2. The van der Waals surface area contributed by atoms with Crippen molar-refractivity contribution in [1.29, 1.82) is 0 Å². The Bertz CT molecular complexity index is 184. The van der Waals surface area contributed by atoms with Crippen LogP contribution in [0, 0.1) is 0 Å². The maximum atomic E-state index is 9.82. The molecular formula is C18H40NO+. The Morgan fingerprint density at radius 3 is 1.50 bits per heavy atom. The molecule has 0 aliphatic carbocycles. The number of hydrogen-bond acceptors (Lipinski definition) is 1. The second-order valence-corrected chi connectivity index (χ2v) is 6.41. The summed E-state index contributed by atoms with van der Waals surface area (Å²) >= 11 is 0. The summed E-state index contributed by atoms with van der Waals surface area (Å²) in [5.41, 5.74) is 3.98. The second-order valence-electron chi connectivity index (χ2n) is 6.41. The first-order chi connectivity index (χ1) is 9.72. The number of quaternary nitrogens is 1. The van der Waals surface area contributed by atoms with Crippen molar-refractivity contribution >= 4 is 0 Å². The highest BCUT2D eigenvalue weighted by Crippen LogP contribution is 2.13. The highest BCUT2D eigenvalue weighted by atomic mass is 16.3. The molecule has 0 saturated heterocycles. The molecule has 0 unspecified atom stereocenters. The van der Waals surface area contributed by atoms with E-state index in [-0.39, 0.29) is 12.1 Å². The Kier molecular flexibility index (Phi) is 15.3. The molecule has 0 amide bonds.